The third-order valence-electron chi connectivity index (χ3n) is 10.8. The van der Waals surface area contributed by atoms with Crippen LogP contribution in [0.15, 0.2) is 36.7 Å². The lowest BCUT2D eigenvalue weighted by atomic mass is 9.81. The van der Waals surface area contributed by atoms with Gasteiger partial charge in [-0.15, -0.1) is 0 Å². The predicted octanol–water partition coefficient (Wildman–Crippen LogP) is 10.9. The van der Waals surface area contributed by atoms with Gasteiger partial charge in [-0.1, -0.05) is 120 Å². The first-order valence-corrected chi connectivity index (χ1v) is 18.3. The molecule has 0 amide bonds. The van der Waals surface area contributed by atoms with Crippen LogP contribution in [0.25, 0.3) is 6.08 Å². The number of unbranched alkanes of at least 4 members (excludes halogenated alkanes) is 1. The Morgan fingerprint density at radius 1 is 0.767 bits per heavy atom. The highest BCUT2D eigenvalue weighted by molar-refractivity contribution is 5.78. The summed E-state index contributed by atoms with van der Waals surface area (Å²) in [5.41, 5.74) is 6.87. The minimum atomic E-state index is 0.493. The molecule has 2 aromatic rings. The molecule has 5 rings (SSSR count). The third kappa shape index (κ3) is 10.7. The van der Waals surface area contributed by atoms with Crippen molar-refractivity contribution >= 4 is 11.9 Å². The molecule has 0 aliphatic heterocycles. The second-order valence-electron chi connectivity index (χ2n) is 14.2. The lowest BCUT2D eigenvalue weighted by molar-refractivity contribution is -0.119. The summed E-state index contributed by atoms with van der Waals surface area (Å²) in [6, 6.07) is 9.44. The van der Waals surface area contributed by atoms with E-state index < -0.39 is 0 Å². The molecule has 0 spiro atoms. The molecule has 1 heterocycles. The Morgan fingerprint density at radius 3 is 2.33 bits per heavy atom. The number of benzene rings is 1. The van der Waals surface area contributed by atoms with Gasteiger partial charge < -0.3 is 0 Å². The van der Waals surface area contributed by atoms with Crippen LogP contribution in [-0.4, -0.2) is 15.8 Å². The molecule has 0 unspecified atom stereocenters. The molecule has 3 heteroatoms. The number of aryl methyl sites for hydroxylation is 2. The van der Waals surface area contributed by atoms with Crippen molar-refractivity contribution in [1.29, 1.82) is 0 Å². The Hall–Kier alpha value is -2.29. The van der Waals surface area contributed by atoms with Crippen molar-refractivity contribution in [1.82, 2.24) is 9.97 Å². The summed E-state index contributed by atoms with van der Waals surface area (Å²) in [6.45, 7) is 0. The third-order valence-corrected chi connectivity index (χ3v) is 10.8. The predicted molar refractivity (Wildman–Crippen MR) is 180 cm³/mol. The first-order valence-electron chi connectivity index (χ1n) is 18.3. The van der Waals surface area contributed by atoms with Crippen LogP contribution < -0.4 is 0 Å². The smallest absolute Gasteiger partial charge is 0.132 e. The van der Waals surface area contributed by atoms with Crippen molar-refractivity contribution in [3.63, 3.8) is 0 Å². The van der Waals surface area contributed by atoms with E-state index in [2.05, 4.69) is 46.4 Å². The molecule has 1 aromatic heterocycles. The Kier molecular flexibility index (Phi) is 13.3. The van der Waals surface area contributed by atoms with Crippen LogP contribution in [0.1, 0.15) is 169 Å². The van der Waals surface area contributed by atoms with Gasteiger partial charge >= 0.3 is 0 Å². The van der Waals surface area contributed by atoms with Crippen molar-refractivity contribution in [2.24, 2.45) is 11.8 Å². The van der Waals surface area contributed by atoms with E-state index in [1.165, 1.54) is 119 Å². The zero-order valence-corrected chi connectivity index (χ0v) is 27.0. The average Bonchev–Trinajstić information content (AvgIpc) is 3.16. The maximum atomic E-state index is 12.7. The molecule has 2 saturated carbocycles. The highest BCUT2D eigenvalue weighted by Crippen LogP contribution is 2.33. The van der Waals surface area contributed by atoms with E-state index in [0.29, 0.717) is 5.78 Å². The molecule has 0 atom stereocenters. The van der Waals surface area contributed by atoms with Crippen LogP contribution in [0.4, 0.5) is 0 Å². The standard InChI is InChI=1S/C40H58N2O/c43-37(25-8-7-15-33-21-13-24-36(29-33)35-22-5-3-1-2-4-6-23-35)26-14-18-32-16-11-19-34(20-12-17-32)30-40-38-27-9-10-28-39(38)41-31-42-40/h9,13,21,24,27,29,31-32,34-35H,1-8,10-12,14-20,22-23,25-26,28,30H2. The van der Waals surface area contributed by atoms with Gasteiger partial charge in [-0.05, 0) is 86.7 Å². The maximum Gasteiger partial charge on any atom is 0.132 e. The number of rotatable bonds is 12. The number of nitrogens with zero attached hydrogens (tertiary/aromatic N) is 2. The summed E-state index contributed by atoms with van der Waals surface area (Å²) in [5, 5.41) is 0. The van der Waals surface area contributed by atoms with Crippen LogP contribution in [0.2, 0.25) is 0 Å². The highest BCUT2D eigenvalue weighted by Gasteiger charge is 2.20. The van der Waals surface area contributed by atoms with E-state index in [1.807, 2.05) is 0 Å². The van der Waals surface area contributed by atoms with Crippen molar-refractivity contribution in [2.75, 3.05) is 0 Å². The maximum absolute atomic E-state index is 12.7. The van der Waals surface area contributed by atoms with E-state index in [-0.39, 0.29) is 0 Å². The Morgan fingerprint density at radius 2 is 1.51 bits per heavy atom. The minimum absolute atomic E-state index is 0.493. The molecule has 0 saturated heterocycles. The number of fused-ring (bicyclic) bond motifs is 1. The van der Waals surface area contributed by atoms with Crippen molar-refractivity contribution < 1.29 is 4.79 Å². The Bertz CT molecular complexity index is 1130. The lowest BCUT2D eigenvalue weighted by Gasteiger charge is -2.25. The number of aromatic nitrogens is 2. The van der Waals surface area contributed by atoms with Crippen LogP contribution in [-0.2, 0) is 24.1 Å². The largest absolute Gasteiger partial charge is 0.300 e. The van der Waals surface area contributed by atoms with Gasteiger partial charge in [0.05, 0.1) is 11.4 Å². The number of ketones is 1. The Labute approximate surface area is 262 Å². The van der Waals surface area contributed by atoms with E-state index in [4.69, 9.17) is 0 Å². The van der Waals surface area contributed by atoms with E-state index >= 15 is 0 Å². The van der Waals surface area contributed by atoms with Gasteiger partial charge in [0.25, 0.3) is 0 Å². The zero-order chi connectivity index (χ0) is 29.5. The Balaban J connectivity index is 0.943. The van der Waals surface area contributed by atoms with Gasteiger partial charge in [-0.2, -0.15) is 0 Å². The summed E-state index contributed by atoms with van der Waals surface area (Å²) in [5.74, 6) is 2.82. The zero-order valence-electron chi connectivity index (χ0n) is 27.0. The summed E-state index contributed by atoms with van der Waals surface area (Å²) >= 11 is 0. The minimum Gasteiger partial charge on any atom is -0.300 e. The van der Waals surface area contributed by atoms with Gasteiger partial charge in [-0.25, -0.2) is 9.97 Å². The lowest BCUT2D eigenvalue weighted by Crippen LogP contribution is -2.14. The molecule has 0 radical (unpaired) electrons. The molecular weight excluding hydrogens is 524 g/mol. The topological polar surface area (TPSA) is 42.9 Å². The quantitative estimate of drug-likeness (QED) is 0.234. The summed E-state index contributed by atoms with van der Waals surface area (Å²) in [6.07, 6.45) is 36.0. The van der Waals surface area contributed by atoms with Gasteiger partial charge in [0.2, 0.25) is 0 Å². The number of carbonyl (C=O) groups excluding carboxylic acids is 1. The van der Waals surface area contributed by atoms with Gasteiger partial charge in [0, 0.05) is 18.4 Å². The normalized spacial score (nSPS) is 22.0. The van der Waals surface area contributed by atoms with Crippen LogP contribution in [0, 0.1) is 11.8 Å². The molecule has 234 valence electrons. The van der Waals surface area contributed by atoms with Gasteiger partial charge in [0.1, 0.15) is 12.1 Å². The summed E-state index contributed by atoms with van der Waals surface area (Å²) < 4.78 is 0. The fourth-order valence-corrected chi connectivity index (χ4v) is 8.23. The fraction of sp³-hybridized carbons (Fsp3) is 0.675. The van der Waals surface area contributed by atoms with Crippen LogP contribution >= 0.6 is 0 Å². The van der Waals surface area contributed by atoms with E-state index in [9.17, 15) is 4.79 Å². The van der Waals surface area contributed by atoms with E-state index in [1.54, 1.807) is 11.9 Å². The summed E-state index contributed by atoms with van der Waals surface area (Å²) in [4.78, 5) is 21.9. The molecule has 1 aromatic carbocycles. The van der Waals surface area contributed by atoms with Gasteiger partial charge in [-0.3, -0.25) is 4.79 Å². The summed E-state index contributed by atoms with van der Waals surface area (Å²) in [7, 11) is 0. The molecule has 3 nitrogen and oxygen atoms in total. The van der Waals surface area contributed by atoms with Crippen LogP contribution in [0.5, 0.6) is 0 Å². The first kappa shape index (κ1) is 32.1. The van der Waals surface area contributed by atoms with Gasteiger partial charge in [0.15, 0.2) is 0 Å². The number of hydrogen-bond donors (Lipinski definition) is 0. The average molecular weight is 583 g/mol. The fourth-order valence-electron chi connectivity index (χ4n) is 8.23. The first-order chi connectivity index (χ1) is 21.2. The van der Waals surface area contributed by atoms with Crippen molar-refractivity contribution in [3.05, 3.63) is 64.7 Å². The molecule has 0 bridgehead atoms. The monoisotopic (exact) mass is 582 g/mol. The SMILES string of the molecule is O=C(CCCCc1cccc(C2CCCCCCCC2)c1)CCCC1CCCC(Cc2ncnc3c2C=CCC3)CCC1. The molecule has 0 N–H and O–H groups in total. The number of Topliss-reactive ketones (excluding diaryl/α,β-unsaturated/α-hetero) is 1. The number of hydrogen-bond acceptors (Lipinski definition) is 3. The van der Waals surface area contributed by atoms with Crippen molar-refractivity contribution in [2.45, 2.75) is 160 Å². The van der Waals surface area contributed by atoms with E-state index in [0.717, 1.165) is 75.5 Å². The number of carbonyl (C=O) groups is 1. The molecule has 2 fully saturated rings. The second-order valence-corrected chi connectivity index (χ2v) is 14.2. The molecular formula is C40H58N2O. The number of allylic oxidation sites excluding steroid dienone is 1. The van der Waals surface area contributed by atoms with Crippen molar-refractivity contribution in [3.8, 4) is 0 Å². The highest BCUT2D eigenvalue weighted by atomic mass is 16.1. The molecule has 3 aliphatic rings. The molecule has 3 aliphatic carbocycles. The van der Waals surface area contributed by atoms with Crippen LogP contribution in [0.3, 0.4) is 0 Å². The molecule has 43 heavy (non-hydrogen) atoms. The second kappa shape index (κ2) is 17.9.